The minimum absolute atomic E-state index is 0.0121. The molecular weight excluding hydrogens is 573 g/mol. The summed E-state index contributed by atoms with van der Waals surface area (Å²) < 4.78 is 0. The van der Waals surface area contributed by atoms with Crippen LogP contribution in [0, 0.1) is 94.9 Å². The van der Waals surface area contributed by atoms with Crippen molar-refractivity contribution in [2.75, 3.05) is 0 Å². The van der Waals surface area contributed by atoms with Crippen LogP contribution < -0.4 is 16.5 Å². The minimum Gasteiger partial charge on any atom is -0.323 e. The molecule has 0 amide bonds. The Hall–Kier alpha value is -3.73. The van der Waals surface area contributed by atoms with Crippen LogP contribution in [0.2, 0.25) is 0 Å². The first kappa shape index (κ1) is 33.2. The highest BCUT2D eigenvalue weighted by Gasteiger charge is 2.55. The Kier molecular flexibility index (Phi) is 8.74. The smallest absolute Gasteiger partial charge is 0.0513 e. The van der Waals surface area contributed by atoms with Gasteiger partial charge in [-0.3, -0.25) is 0 Å². The number of piperidine rings is 2. The summed E-state index contributed by atoms with van der Waals surface area (Å²) in [6.07, 6.45) is 0. The van der Waals surface area contributed by atoms with E-state index in [1.807, 2.05) is 0 Å². The predicted octanol–water partition coefficient (Wildman–Crippen LogP) is 9.41. The molecular formula is C43H54N4. The van der Waals surface area contributed by atoms with Gasteiger partial charge in [0.15, 0.2) is 0 Å². The first-order valence-electron chi connectivity index (χ1n) is 17.3. The molecule has 0 aliphatic carbocycles. The molecule has 0 aromatic heterocycles. The summed E-state index contributed by atoms with van der Waals surface area (Å²) >= 11 is 0. The summed E-state index contributed by atoms with van der Waals surface area (Å²) in [5.41, 5.74) is 22.3. The number of nitrogens with two attached hydrogens (primary N) is 1. The Morgan fingerprint density at radius 3 is 0.745 bits per heavy atom. The normalized spacial score (nSPS) is 25.0. The van der Waals surface area contributed by atoms with Crippen LogP contribution in [0.3, 0.4) is 0 Å². The Morgan fingerprint density at radius 2 is 0.574 bits per heavy atom. The monoisotopic (exact) mass is 626 g/mol. The molecule has 0 spiro atoms. The van der Waals surface area contributed by atoms with E-state index in [-0.39, 0.29) is 36.0 Å². The van der Waals surface area contributed by atoms with Gasteiger partial charge in [0.05, 0.1) is 5.71 Å². The highest BCUT2D eigenvalue weighted by molar-refractivity contribution is 5.94. The molecule has 0 unspecified atom stereocenters. The van der Waals surface area contributed by atoms with Crippen molar-refractivity contribution in [3.8, 4) is 0 Å². The number of hydrogen-bond acceptors (Lipinski definition) is 4. The third-order valence-corrected chi connectivity index (χ3v) is 11.2. The maximum atomic E-state index is 6.69. The Morgan fingerprint density at radius 1 is 0.383 bits per heavy atom. The molecule has 0 saturated carbocycles. The third-order valence-electron chi connectivity index (χ3n) is 11.2. The molecule has 4 nitrogen and oxygen atoms in total. The number of nitrogens with zero attached hydrogens (tertiary/aromatic N) is 1. The Balaban J connectivity index is 1.69. The van der Waals surface area contributed by atoms with E-state index < -0.39 is 0 Å². The molecule has 4 aromatic carbocycles. The Bertz CT molecular complexity index is 1560. The van der Waals surface area contributed by atoms with E-state index in [0.29, 0.717) is 0 Å². The van der Waals surface area contributed by atoms with Crippen LogP contribution in [0.25, 0.3) is 0 Å². The molecule has 47 heavy (non-hydrogen) atoms. The molecule has 2 aliphatic rings. The van der Waals surface area contributed by atoms with Gasteiger partial charge >= 0.3 is 0 Å². The lowest BCUT2D eigenvalue weighted by atomic mass is 9.61. The first-order valence-corrected chi connectivity index (χ1v) is 17.3. The Labute approximate surface area is 283 Å². The standard InChI is InChI=1S/C43H54N4/c1-21-13-25(5)33(26(6)14-21)39-37-40(34-27(7)15-22(2)16-28(34)8)46-42(36-31(11)19-24(4)20-32(36)12)38(43(37)47-44)41(45-39)35-29(9)17-23(3)18-30(35)10/h13-20,37-42,45-46H,44H2,1-12H3/t37?,38?,39-,40-,41+,42+. The molecule has 4 aromatic rings. The molecule has 4 N–H and O–H groups in total. The second-order valence-electron chi connectivity index (χ2n) is 15.1. The van der Waals surface area contributed by atoms with Crippen molar-refractivity contribution in [2.24, 2.45) is 22.8 Å². The van der Waals surface area contributed by atoms with Crippen molar-refractivity contribution in [3.05, 3.63) is 138 Å². The van der Waals surface area contributed by atoms with Gasteiger partial charge < -0.3 is 16.5 Å². The van der Waals surface area contributed by atoms with Crippen LogP contribution in [0.4, 0.5) is 0 Å². The van der Waals surface area contributed by atoms with Gasteiger partial charge in [-0.1, -0.05) is 70.8 Å². The van der Waals surface area contributed by atoms with Crippen LogP contribution in [0.15, 0.2) is 53.6 Å². The SMILES string of the molecule is Cc1cc(C)c([C@H]2N[C@@H](c3c(C)cc(C)cc3C)C3C(=NN)C2[C@@H](c2c(C)cc(C)cc2C)N[C@H]3c2c(C)cc(C)cc2C)c(C)c1. The van der Waals surface area contributed by atoms with Crippen molar-refractivity contribution < 1.29 is 0 Å². The van der Waals surface area contributed by atoms with Gasteiger partial charge in [-0.05, 0) is 150 Å². The molecule has 2 saturated heterocycles. The molecule has 2 heterocycles. The number of hydrazone groups is 1. The predicted molar refractivity (Wildman–Crippen MR) is 198 cm³/mol. The highest BCUT2D eigenvalue weighted by atomic mass is 15.2. The van der Waals surface area contributed by atoms with Crippen LogP contribution in [-0.4, -0.2) is 5.71 Å². The van der Waals surface area contributed by atoms with Gasteiger partial charge in [0, 0.05) is 36.0 Å². The number of benzene rings is 4. The lowest BCUT2D eigenvalue weighted by Gasteiger charge is -2.55. The number of rotatable bonds is 4. The summed E-state index contributed by atoms with van der Waals surface area (Å²) in [6.45, 7) is 27.0. The average Bonchev–Trinajstić information content (AvgIpc) is 2.93. The molecule has 0 radical (unpaired) electrons. The summed E-state index contributed by atoms with van der Waals surface area (Å²) in [5.74, 6) is 6.73. The molecule has 2 bridgehead atoms. The fourth-order valence-electron chi connectivity index (χ4n) is 10.0. The van der Waals surface area contributed by atoms with Gasteiger partial charge in [-0.15, -0.1) is 0 Å². The fraction of sp³-hybridized carbons (Fsp3) is 0.419. The van der Waals surface area contributed by atoms with Crippen LogP contribution in [0.5, 0.6) is 0 Å². The van der Waals surface area contributed by atoms with E-state index >= 15 is 0 Å². The maximum absolute atomic E-state index is 6.69. The molecule has 2 aliphatic heterocycles. The minimum atomic E-state index is 0.0121. The van der Waals surface area contributed by atoms with E-state index in [4.69, 9.17) is 10.9 Å². The van der Waals surface area contributed by atoms with Crippen LogP contribution >= 0.6 is 0 Å². The van der Waals surface area contributed by atoms with Crippen molar-refractivity contribution >= 4 is 5.71 Å². The van der Waals surface area contributed by atoms with Crippen molar-refractivity contribution in [3.63, 3.8) is 0 Å². The largest absolute Gasteiger partial charge is 0.323 e. The number of hydrogen-bond donors (Lipinski definition) is 3. The molecule has 6 rings (SSSR count). The van der Waals surface area contributed by atoms with E-state index in [0.717, 1.165) is 5.71 Å². The number of aryl methyl sites for hydroxylation is 12. The molecule has 4 heteroatoms. The third kappa shape index (κ3) is 5.64. The van der Waals surface area contributed by atoms with E-state index in [9.17, 15) is 0 Å². The van der Waals surface area contributed by atoms with Gasteiger partial charge in [0.1, 0.15) is 0 Å². The lowest BCUT2D eigenvalue weighted by Crippen LogP contribution is -2.61. The average molecular weight is 627 g/mol. The summed E-state index contributed by atoms with van der Waals surface area (Å²) in [4.78, 5) is 0. The molecule has 2 fully saturated rings. The van der Waals surface area contributed by atoms with Gasteiger partial charge in [-0.2, -0.15) is 5.10 Å². The van der Waals surface area contributed by atoms with Crippen LogP contribution in [0.1, 0.15) is 113 Å². The van der Waals surface area contributed by atoms with E-state index in [2.05, 4.69) is 142 Å². The second-order valence-corrected chi connectivity index (χ2v) is 15.1. The van der Waals surface area contributed by atoms with Crippen LogP contribution in [-0.2, 0) is 0 Å². The highest BCUT2D eigenvalue weighted by Crippen LogP contribution is 2.55. The molecule has 246 valence electrons. The topological polar surface area (TPSA) is 62.4 Å². The van der Waals surface area contributed by atoms with Crippen molar-refractivity contribution in [1.82, 2.24) is 10.6 Å². The van der Waals surface area contributed by atoms with Gasteiger partial charge in [0.2, 0.25) is 0 Å². The second kappa shape index (κ2) is 12.4. The van der Waals surface area contributed by atoms with E-state index in [1.54, 1.807) is 0 Å². The lowest BCUT2D eigenvalue weighted by molar-refractivity contribution is 0.156. The zero-order valence-corrected chi connectivity index (χ0v) is 30.6. The van der Waals surface area contributed by atoms with Gasteiger partial charge in [0.25, 0.3) is 0 Å². The number of fused-ring (bicyclic) bond motifs is 2. The van der Waals surface area contributed by atoms with Crippen molar-refractivity contribution in [1.29, 1.82) is 0 Å². The number of nitrogens with one attached hydrogen (secondary N) is 2. The quantitative estimate of drug-likeness (QED) is 0.156. The zero-order chi connectivity index (χ0) is 34.1. The maximum Gasteiger partial charge on any atom is 0.0513 e. The van der Waals surface area contributed by atoms with Crippen molar-refractivity contribution in [2.45, 2.75) is 107 Å². The molecule has 4 atom stereocenters. The van der Waals surface area contributed by atoms with Gasteiger partial charge in [-0.25, -0.2) is 0 Å². The zero-order valence-electron chi connectivity index (χ0n) is 30.6. The summed E-state index contributed by atoms with van der Waals surface area (Å²) in [6, 6.07) is 18.7. The summed E-state index contributed by atoms with van der Waals surface area (Å²) in [5, 5.41) is 13.6. The van der Waals surface area contributed by atoms with E-state index in [1.165, 1.54) is 89.0 Å². The first-order chi connectivity index (χ1) is 22.2. The summed E-state index contributed by atoms with van der Waals surface area (Å²) in [7, 11) is 0. The fourth-order valence-corrected chi connectivity index (χ4v) is 10.0.